The molecule has 0 aliphatic heterocycles. The summed E-state index contributed by atoms with van der Waals surface area (Å²) in [6.07, 6.45) is -4.24. The van der Waals surface area contributed by atoms with Gasteiger partial charge >= 0.3 is 12.1 Å². The van der Waals surface area contributed by atoms with Gasteiger partial charge in [-0.05, 0) is 37.6 Å². The van der Waals surface area contributed by atoms with Gasteiger partial charge in [-0.1, -0.05) is 6.58 Å². The zero-order valence-corrected chi connectivity index (χ0v) is 12.0. The van der Waals surface area contributed by atoms with E-state index in [2.05, 4.69) is 11.9 Å². The number of benzene rings is 1. The molecule has 1 amide bonds. The average molecular weight is 315 g/mol. The summed E-state index contributed by atoms with van der Waals surface area (Å²) >= 11 is 0. The van der Waals surface area contributed by atoms with Gasteiger partial charge in [0.25, 0.3) is 5.91 Å². The molecule has 1 rings (SSSR count). The van der Waals surface area contributed by atoms with Gasteiger partial charge in [-0.3, -0.25) is 4.79 Å². The Morgan fingerprint density at radius 2 is 1.82 bits per heavy atom. The molecule has 1 N–H and O–H groups in total. The van der Waals surface area contributed by atoms with E-state index in [0.717, 1.165) is 24.3 Å². The van der Waals surface area contributed by atoms with E-state index in [9.17, 15) is 22.8 Å². The first-order chi connectivity index (χ1) is 10.3. The first kappa shape index (κ1) is 17.7. The SMILES string of the molecule is C=C(CCNC(=O)c1ccc(C(F)(F)F)cc1)C(=O)OCC. The predicted octanol–water partition coefficient (Wildman–Crippen LogP) is 2.94. The molecule has 0 saturated carbocycles. The molecule has 22 heavy (non-hydrogen) atoms. The second-order valence-electron chi connectivity index (χ2n) is 4.41. The van der Waals surface area contributed by atoms with Crippen LogP contribution in [0.4, 0.5) is 13.2 Å². The van der Waals surface area contributed by atoms with Crippen LogP contribution in [0.25, 0.3) is 0 Å². The quantitative estimate of drug-likeness (QED) is 0.648. The Morgan fingerprint density at radius 3 is 2.32 bits per heavy atom. The largest absolute Gasteiger partial charge is 0.463 e. The van der Waals surface area contributed by atoms with Crippen molar-refractivity contribution >= 4 is 11.9 Å². The highest BCUT2D eigenvalue weighted by molar-refractivity contribution is 5.94. The highest BCUT2D eigenvalue weighted by Gasteiger charge is 2.30. The number of amides is 1. The van der Waals surface area contributed by atoms with Gasteiger partial charge in [0, 0.05) is 17.7 Å². The van der Waals surface area contributed by atoms with Crippen molar-refractivity contribution in [3.63, 3.8) is 0 Å². The van der Waals surface area contributed by atoms with Gasteiger partial charge in [0.1, 0.15) is 0 Å². The molecule has 0 saturated heterocycles. The smallest absolute Gasteiger partial charge is 0.416 e. The number of hydrogen-bond donors (Lipinski definition) is 1. The van der Waals surface area contributed by atoms with Crippen molar-refractivity contribution < 1.29 is 27.5 Å². The molecule has 7 heteroatoms. The van der Waals surface area contributed by atoms with Crippen LogP contribution < -0.4 is 5.32 Å². The fourth-order valence-electron chi connectivity index (χ4n) is 1.57. The minimum Gasteiger partial charge on any atom is -0.463 e. The summed E-state index contributed by atoms with van der Waals surface area (Å²) in [5.74, 6) is -1.06. The molecule has 0 radical (unpaired) electrons. The summed E-state index contributed by atoms with van der Waals surface area (Å²) in [4.78, 5) is 23.0. The number of ether oxygens (including phenoxy) is 1. The number of alkyl halides is 3. The third-order valence-electron chi connectivity index (χ3n) is 2.75. The summed E-state index contributed by atoms with van der Waals surface area (Å²) in [5.41, 5.74) is -0.496. The Morgan fingerprint density at radius 1 is 1.23 bits per heavy atom. The maximum atomic E-state index is 12.4. The van der Waals surface area contributed by atoms with Crippen molar-refractivity contribution in [2.75, 3.05) is 13.2 Å². The lowest BCUT2D eigenvalue weighted by Crippen LogP contribution is -2.25. The minimum absolute atomic E-state index is 0.106. The molecule has 0 fully saturated rings. The van der Waals surface area contributed by atoms with Crippen molar-refractivity contribution in [2.45, 2.75) is 19.5 Å². The molecule has 0 spiro atoms. The molecule has 0 aliphatic carbocycles. The Kier molecular flexibility index (Phi) is 6.15. The van der Waals surface area contributed by atoms with Gasteiger partial charge in [0.2, 0.25) is 0 Å². The van der Waals surface area contributed by atoms with Gasteiger partial charge in [-0.2, -0.15) is 13.2 Å². The molecule has 1 aromatic rings. The number of hydrogen-bond acceptors (Lipinski definition) is 3. The number of halogens is 3. The molecular formula is C15H16F3NO3. The Balaban J connectivity index is 2.49. The van der Waals surface area contributed by atoms with Gasteiger partial charge < -0.3 is 10.1 Å². The number of carbonyl (C=O) groups is 2. The topological polar surface area (TPSA) is 55.4 Å². The first-order valence-corrected chi connectivity index (χ1v) is 6.56. The van der Waals surface area contributed by atoms with Gasteiger partial charge in [-0.15, -0.1) is 0 Å². The van der Waals surface area contributed by atoms with Crippen LogP contribution in [0.5, 0.6) is 0 Å². The van der Waals surface area contributed by atoms with Crippen molar-refractivity contribution in [1.82, 2.24) is 5.32 Å². The Hall–Kier alpha value is -2.31. The summed E-state index contributed by atoms with van der Waals surface area (Å²) in [6.45, 7) is 5.56. The lowest BCUT2D eigenvalue weighted by atomic mass is 10.1. The Labute approximate surface area is 126 Å². The number of rotatable bonds is 6. The van der Waals surface area contributed by atoms with Gasteiger partial charge in [0.05, 0.1) is 12.2 Å². The maximum Gasteiger partial charge on any atom is 0.416 e. The third kappa shape index (κ3) is 5.23. The highest BCUT2D eigenvalue weighted by atomic mass is 19.4. The van der Waals surface area contributed by atoms with Crippen LogP contribution in [-0.2, 0) is 15.7 Å². The second kappa shape index (κ2) is 7.63. The second-order valence-corrected chi connectivity index (χ2v) is 4.41. The molecule has 0 bridgehead atoms. The van der Waals surface area contributed by atoms with E-state index in [1.54, 1.807) is 6.92 Å². The molecular weight excluding hydrogens is 299 g/mol. The number of carbonyl (C=O) groups excluding carboxylic acids is 2. The zero-order valence-electron chi connectivity index (χ0n) is 12.0. The monoisotopic (exact) mass is 315 g/mol. The molecule has 1 aromatic carbocycles. The number of esters is 1. The average Bonchev–Trinajstić information content (AvgIpc) is 2.46. The van der Waals surface area contributed by atoms with E-state index in [-0.39, 0.29) is 30.7 Å². The van der Waals surface area contributed by atoms with Gasteiger partial charge in [-0.25, -0.2) is 4.79 Å². The molecule has 0 aromatic heterocycles. The van der Waals surface area contributed by atoms with Gasteiger partial charge in [0.15, 0.2) is 0 Å². The lowest BCUT2D eigenvalue weighted by molar-refractivity contribution is -0.139. The van der Waals surface area contributed by atoms with E-state index < -0.39 is 23.6 Å². The van der Waals surface area contributed by atoms with Crippen LogP contribution in [0.3, 0.4) is 0 Å². The van der Waals surface area contributed by atoms with E-state index in [0.29, 0.717) is 0 Å². The standard InChI is InChI=1S/C15H16F3NO3/c1-3-22-14(21)10(2)8-9-19-13(20)11-4-6-12(7-5-11)15(16,17)18/h4-7H,2-3,8-9H2,1H3,(H,19,20). The summed E-state index contributed by atoms with van der Waals surface area (Å²) in [7, 11) is 0. The lowest BCUT2D eigenvalue weighted by Gasteiger charge is -2.09. The zero-order chi connectivity index (χ0) is 16.8. The number of nitrogens with one attached hydrogen (secondary N) is 1. The summed E-state index contributed by atoms with van der Waals surface area (Å²) in [6, 6.07) is 3.87. The first-order valence-electron chi connectivity index (χ1n) is 6.56. The van der Waals surface area contributed by atoms with E-state index >= 15 is 0 Å². The van der Waals surface area contributed by atoms with Crippen molar-refractivity contribution in [2.24, 2.45) is 0 Å². The van der Waals surface area contributed by atoms with Crippen molar-refractivity contribution in [3.05, 3.63) is 47.5 Å². The van der Waals surface area contributed by atoms with Crippen molar-refractivity contribution in [3.8, 4) is 0 Å². The van der Waals surface area contributed by atoms with Crippen LogP contribution in [0.2, 0.25) is 0 Å². The third-order valence-corrected chi connectivity index (χ3v) is 2.75. The molecule has 0 heterocycles. The van der Waals surface area contributed by atoms with Crippen LogP contribution >= 0.6 is 0 Å². The fraction of sp³-hybridized carbons (Fsp3) is 0.333. The van der Waals surface area contributed by atoms with Crippen LogP contribution in [-0.4, -0.2) is 25.0 Å². The molecule has 4 nitrogen and oxygen atoms in total. The Bertz CT molecular complexity index is 550. The predicted molar refractivity (Wildman–Crippen MR) is 74.2 cm³/mol. The molecule has 0 aliphatic rings. The van der Waals surface area contributed by atoms with E-state index in [1.165, 1.54) is 0 Å². The van der Waals surface area contributed by atoms with Crippen LogP contribution in [0, 0.1) is 0 Å². The van der Waals surface area contributed by atoms with E-state index in [4.69, 9.17) is 4.74 Å². The van der Waals surface area contributed by atoms with E-state index in [1.807, 2.05) is 0 Å². The van der Waals surface area contributed by atoms with Crippen molar-refractivity contribution in [1.29, 1.82) is 0 Å². The molecule has 120 valence electrons. The summed E-state index contributed by atoms with van der Waals surface area (Å²) in [5, 5.41) is 2.50. The summed E-state index contributed by atoms with van der Waals surface area (Å²) < 4.78 is 41.9. The maximum absolute atomic E-state index is 12.4. The highest BCUT2D eigenvalue weighted by Crippen LogP contribution is 2.29. The van der Waals surface area contributed by atoms with Crippen LogP contribution in [0.15, 0.2) is 36.4 Å². The normalized spacial score (nSPS) is 10.9. The minimum atomic E-state index is -4.44. The fourth-order valence-corrected chi connectivity index (χ4v) is 1.57. The van der Waals surface area contributed by atoms with Crippen LogP contribution in [0.1, 0.15) is 29.3 Å². The molecule has 0 unspecified atom stereocenters. The molecule has 0 atom stereocenters.